The van der Waals surface area contributed by atoms with Crippen molar-refractivity contribution in [2.24, 2.45) is 5.92 Å². The van der Waals surface area contributed by atoms with Crippen LogP contribution in [-0.4, -0.2) is 25.5 Å². The number of ether oxygens (including phenoxy) is 1. The number of hydrogen-bond donors (Lipinski definition) is 1. The molecule has 5 nitrogen and oxygen atoms in total. The van der Waals surface area contributed by atoms with Crippen molar-refractivity contribution < 1.29 is 14.3 Å². The van der Waals surface area contributed by atoms with Crippen molar-refractivity contribution >= 4 is 29.1 Å². The Morgan fingerprint density at radius 3 is 2.85 bits per heavy atom. The molecule has 1 N–H and O–H groups in total. The molecule has 1 fully saturated rings. The highest BCUT2D eigenvalue weighted by atomic mass is 35.5. The van der Waals surface area contributed by atoms with Gasteiger partial charge in [-0.2, -0.15) is 0 Å². The fourth-order valence-electron chi connectivity index (χ4n) is 3.11. The quantitative estimate of drug-likeness (QED) is 0.875. The third kappa shape index (κ3) is 3.99. The number of carbonyl (C=O) groups excluding carboxylic acids is 2. The Morgan fingerprint density at radius 1 is 1.31 bits per heavy atom. The van der Waals surface area contributed by atoms with Crippen LogP contribution in [0.1, 0.15) is 17.5 Å². The first-order valence-electron chi connectivity index (χ1n) is 8.45. The van der Waals surface area contributed by atoms with Crippen molar-refractivity contribution in [3.63, 3.8) is 0 Å². The summed E-state index contributed by atoms with van der Waals surface area (Å²) in [6, 6.07) is 13.0. The van der Waals surface area contributed by atoms with E-state index in [1.165, 1.54) is 0 Å². The number of aryl methyl sites for hydroxylation is 1. The fourth-order valence-corrected chi connectivity index (χ4v) is 3.32. The maximum absolute atomic E-state index is 12.5. The van der Waals surface area contributed by atoms with Crippen LogP contribution in [0, 0.1) is 12.8 Å². The molecule has 2 aromatic carbocycles. The molecule has 0 aliphatic carbocycles. The topological polar surface area (TPSA) is 58.6 Å². The van der Waals surface area contributed by atoms with Gasteiger partial charge in [0.2, 0.25) is 11.8 Å². The average molecular weight is 373 g/mol. The second-order valence-corrected chi connectivity index (χ2v) is 6.86. The van der Waals surface area contributed by atoms with E-state index in [0.717, 1.165) is 11.1 Å². The Balaban J connectivity index is 1.67. The van der Waals surface area contributed by atoms with Crippen molar-refractivity contribution in [2.45, 2.75) is 19.9 Å². The van der Waals surface area contributed by atoms with E-state index < -0.39 is 0 Å². The molecule has 0 aromatic heterocycles. The van der Waals surface area contributed by atoms with E-state index in [4.69, 9.17) is 16.3 Å². The van der Waals surface area contributed by atoms with Gasteiger partial charge in [-0.1, -0.05) is 29.8 Å². The molecule has 136 valence electrons. The standard InChI is InChI=1S/C20H21ClN2O3/c1-13-6-7-18(26-2)17(8-13)23-12-15(10-19(23)24)20(25)22-11-14-4-3-5-16(21)9-14/h3-9,15H,10-12H2,1-2H3,(H,22,25)/t15-/m1/s1. The predicted octanol–water partition coefficient (Wildman–Crippen LogP) is 3.33. The van der Waals surface area contributed by atoms with Crippen LogP contribution < -0.4 is 15.0 Å². The molecular weight excluding hydrogens is 352 g/mol. The summed E-state index contributed by atoms with van der Waals surface area (Å²) in [6.07, 6.45) is 0.193. The molecule has 1 saturated heterocycles. The van der Waals surface area contributed by atoms with Gasteiger partial charge in [0.25, 0.3) is 0 Å². The van der Waals surface area contributed by atoms with Crippen LogP contribution in [0.15, 0.2) is 42.5 Å². The minimum atomic E-state index is -0.382. The van der Waals surface area contributed by atoms with Gasteiger partial charge < -0.3 is 15.0 Å². The number of nitrogens with zero attached hydrogens (tertiary/aromatic N) is 1. The minimum Gasteiger partial charge on any atom is -0.495 e. The largest absolute Gasteiger partial charge is 0.495 e. The molecule has 0 saturated carbocycles. The normalized spacial score (nSPS) is 16.7. The van der Waals surface area contributed by atoms with Gasteiger partial charge in [-0.05, 0) is 42.3 Å². The number of halogens is 1. The number of rotatable bonds is 5. The van der Waals surface area contributed by atoms with Gasteiger partial charge in [-0.15, -0.1) is 0 Å². The molecule has 2 aromatic rings. The molecule has 0 radical (unpaired) electrons. The van der Waals surface area contributed by atoms with Gasteiger partial charge in [0.1, 0.15) is 5.75 Å². The summed E-state index contributed by atoms with van der Waals surface area (Å²) in [7, 11) is 1.57. The molecule has 1 aliphatic heterocycles. The summed E-state index contributed by atoms with van der Waals surface area (Å²) in [4.78, 5) is 26.6. The highest BCUT2D eigenvalue weighted by molar-refractivity contribution is 6.30. The highest BCUT2D eigenvalue weighted by Gasteiger charge is 2.36. The zero-order valence-electron chi connectivity index (χ0n) is 14.8. The number of benzene rings is 2. The van der Waals surface area contributed by atoms with Gasteiger partial charge in [0.05, 0.1) is 18.7 Å². The molecule has 0 spiro atoms. The number of anilines is 1. The van der Waals surface area contributed by atoms with Crippen LogP contribution in [0.5, 0.6) is 5.75 Å². The van der Waals surface area contributed by atoms with E-state index in [2.05, 4.69) is 5.32 Å². The van der Waals surface area contributed by atoms with Crippen LogP contribution in [0.4, 0.5) is 5.69 Å². The van der Waals surface area contributed by atoms with Crippen molar-refractivity contribution in [2.75, 3.05) is 18.6 Å². The van der Waals surface area contributed by atoms with Crippen molar-refractivity contribution in [3.05, 3.63) is 58.6 Å². The zero-order valence-corrected chi connectivity index (χ0v) is 15.5. The first kappa shape index (κ1) is 18.3. The maximum Gasteiger partial charge on any atom is 0.227 e. The summed E-state index contributed by atoms with van der Waals surface area (Å²) in [5, 5.41) is 3.52. The second-order valence-electron chi connectivity index (χ2n) is 6.43. The van der Waals surface area contributed by atoms with Crippen LogP contribution in [0.3, 0.4) is 0 Å². The molecule has 2 amide bonds. The average Bonchev–Trinajstić information content (AvgIpc) is 3.01. The summed E-state index contributed by atoms with van der Waals surface area (Å²) < 4.78 is 5.37. The molecule has 3 rings (SSSR count). The van der Waals surface area contributed by atoms with Gasteiger partial charge in [0.15, 0.2) is 0 Å². The molecular formula is C20H21ClN2O3. The van der Waals surface area contributed by atoms with Crippen LogP contribution >= 0.6 is 11.6 Å². The van der Waals surface area contributed by atoms with E-state index in [1.54, 1.807) is 18.1 Å². The third-order valence-corrected chi connectivity index (χ3v) is 4.71. The second kappa shape index (κ2) is 7.79. The Morgan fingerprint density at radius 2 is 2.12 bits per heavy atom. The Hall–Kier alpha value is -2.53. The minimum absolute atomic E-state index is 0.0724. The van der Waals surface area contributed by atoms with Gasteiger partial charge in [-0.3, -0.25) is 9.59 Å². The van der Waals surface area contributed by atoms with Crippen LogP contribution in [0.2, 0.25) is 5.02 Å². The first-order chi connectivity index (χ1) is 12.5. The Kier molecular flexibility index (Phi) is 5.47. The lowest BCUT2D eigenvalue weighted by molar-refractivity contribution is -0.126. The summed E-state index contributed by atoms with van der Waals surface area (Å²) >= 11 is 5.96. The number of amides is 2. The SMILES string of the molecule is COc1ccc(C)cc1N1C[C@H](C(=O)NCc2cccc(Cl)c2)CC1=O. The van der Waals surface area contributed by atoms with Crippen molar-refractivity contribution in [1.29, 1.82) is 0 Å². The smallest absolute Gasteiger partial charge is 0.227 e. The molecule has 1 heterocycles. The van der Waals surface area contributed by atoms with Crippen LogP contribution in [0.25, 0.3) is 0 Å². The highest BCUT2D eigenvalue weighted by Crippen LogP contribution is 2.33. The van der Waals surface area contributed by atoms with Crippen molar-refractivity contribution in [1.82, 2.24) is 5.32 Å². The van der Waals surface area contributed by atoms with E-state index >= 15 is 0 Å². The lowest BCUT2D eigenvalue weighted by atomic mass is 10.1. The van der Waals surface area contributed by atoms with Gasteiger partial charge in [0, 0.05) is 24.5 Å². The molecule has 0 unspecified atom stereocenters. The molecule has 1 aliphatic rings. The predicted molar refractivity (Wildman–Crippen MR) is 101 cm³/mol. The number of hydrogen-bond acceptors (Lipinski definition) is 3. The van der Waals surface area contributed by atoms with E-state index in [9.17, 15) is 9.59 Å². The third-order valence-electron chi connectivity index (χ3n) is 4.48. The van der Waals surface area contributed by atoms with Gasteiger partial charge in [-0.25, -0.2) is 0 Å². The number of methoxy groups -OCH3 is 1. The van der Waals surface area contributed by atoms with Crippen LogP contribution in [-0.2, 0) is 16.1 Å². The molecule has 1 atom stereocenters. The molecule has 6 heteroatoms. The van der Waals surface area contributed by atoms with E-state index in [1.807, 2.05) is 43.3 Å². The van der Waals surface area contributed by atoms with Gasteiger partial charge >= 0.3 is 0 Å². The Bertz CT molecular complexity index is 838. The summed E-state index contributed by atoms with van der Waals surface area (Å²) in [5.41, 5.74) is 2.66. The lowest BCUT2D eigenvalue weighted by Crippen LogP contribution is -2.32. The summed E-state index contributed by atoms with van der Waals surface area (Å²) in [5.74, 6) is 0.0417. The number of carbonyl (C=O) groups is 2. The molecule has 26 heavy (non-hydrogen) atoms. The van der Waals surface area contributed by atoms with E-state index in [-0.39, 0.29) is 24.2 Å². The maximum atomic E-state index is 12.5. The number of nitrogens with one attached hydrogen (secondary N) is 1. The van der Waals surface area contributed by atoms with E-state index in [0.29, 0.717) is 29.5 Å². The first-order valence-corrected chi connectivity index (χ1v) is 8.83. The van der Waals surface area contributed by atoms with Crippen molar-refractivity contribution in [3.8, 4) is 5.75 Å². The monoisotopic (exact) mass is 372 g/mol. The summed E-state index contributed by atoms with van der Waals surface area (Å²) in [6.45, 7) is 2.69. The zero-order chi connectivity index (χ0) is 18.7. The fraction of sp³-hybridized carbons (Fsp3) is 0.300. The molecule has 0 bridgehead atoms. The Labute approximate surface area is 157 Å². The lowest BCUT2D eigenvalue weighted by Gasteiger charge is -2.20.